The second-order valence-corrected chi connectivity index (χ2v) is 3.59. The van der Waals surface area contributed by atoms with Crippen LogP contribution in [-0.4, -0.2) is 29.3 Å². The molecule has 0 aliphatic carbocycles. The normalized spacial score (nSPS) is 51.5. The van der Waals surface area contributed by atoms with Gasteiger partial charge in [0.05, 0.1) is 6.04 Å². The van der Waals surface area contributed by atoms with E-state index in [0.29, 0.717) is 12.5 Å². The zero-order chi connectivity index (χ0) is 8.01. The third kappa shape index (κ3) is 0.972. The highest BCUT2D eigenvalue weighted by Crippen LogP contribution is 2.33. The molecule has 0 aromatic rings. The summed E-state index contributed by atoms with van der Waals surface area (Å²) in [5, 5.41) is 1.66. The first-order valence-electron chi connectivity index (χ1n) is 4.13. The average Bonchev–Trinajstić information content (AvgIpc) is 2.23. The number of alkyl halides is 1. The van der Waals surface area contributed by atoms with E-state index in [1.807, 2.05) is 0 Å². The van der Waals surface area contributed by atoms with Crippen LogP contribution >= 0.6 is 0 Å². The smallest absolute Gasteiger partial charge is 0.132 e. The van der Waals surface area contributed by atoms with E-state index in [4.69, 9.17) is 11.6 Å². The first-order chi connectivity index (χ1) is 5.20. The van der Waals surface area contributed by atoms with Crippen LogP contribution in [0.3, 0.4) is 0 Å². The molecule has 0 radical (unpaired) electrons. The van der Waals surface area contributed by atoms with Gasteiger partial charge in [-0.1, -0.05) is 0 Å². The quantitative estimate of drug-likeness (QED) is 0.480. The van der Waals surface area contributed by atoms with Crippen LogP contribution in [0.2, 0.25) is 0 Å². The summed E-state index contributed by atoms with van der Waals surface area (Å²) in [6.45, 7) is 0. The summed E-state index contributed by atoms with van der Waals surface area (Å²) in [6.07, 6.45) is 1.68. The van der Waals surface area contributed by atoms with Gasteiger partial charge in [0.2, 0.25) is 0 Å². The molecule has 0 saturated carbocycles. The molecule has 4 N–H and O–H groups in total. The molecule has 4 atom stereocenters. The van der Waals surface area contributed by atoms with E-state index in [9.17, 15) is 4.39 Å². The summed E-state index contributed by atoms with van der Waals surface area (Å²) < 4.78 is 13.3. The van der Waals surface area contributed by atoms with Crippen molar-refractivity contribution in [1.29, 1.82) is 0 Å². The first-order valence-corrected chi connectivity index (χ1v) is 4.13. The maximum atomic E-state index is 13.3. The predicted molar refractivity (Wildman–Crippen MR) is 40.3 cm³/mol. The number of hydrazine groups is 1. The van der Waals surface area contributed by atoms with Crippen molar-refractivity contribution in [1.82, 2.24) is 5.01 Å². The van der Waals surface area contributed by atoms with Crippen LogP contribution in [0.1, 0.15) is 19.3 Å². The van der Waals surface area contributed by atoms with E-state index in [2.05, 4.69) is 0 Å². The Bertz CT molecular complexity index is 164. The van der Waals surface area contributed by atoms with Gasteiger partial charge in [-0.25, -0.2) is 9.40 Å². The Balaban J connectivity index is 2.16. The number of piperidine rings is 1. The standard InChI is InChI=1S/C7H14FN3/c8-7-5(9)3-4-1-2-6(7)11(4)10/h4-7H,1-3,9-10H2/t4-,5+,6+,7+/m0/s1. The SMILES string of the molecule is N[C@@H]1C[C@@H]2CC[C@H]([C@@H]1F)N2N. The van der Waals surface area contributed by atoms with Crippen molar-refractivity contribution in [2.24, 2.45) is 11.6 Å². The maximum absolute atomic E-state index is 13.3. The number of hydrogen-bond donors (Lipinski definition) is 2. The van der Waals surface area contributed by atoms with Crippen LogP contribution in [0.5, 0.6) is 0 Å². The number of nitrogens with zero attached hydrogens (tertiary/aromatic N) is 1. The fourth-order valence-electron chi connectivity index (χ4n) is 2.22. The molecule has 2 aliphatic heterocycles. The minimum Gasteiger partial charge on any atom is -0.325 e. The van der Waals surface area contributed by atoms with E-state index in [-0.39, 0.29) is 12.1 Å². The Morgan fingerprint density at radius 1 is 1.36 bits per heavy atom. The van der Waals surface area contributed by atoms with Gasteiger partial charge >= 0.3 is 0 Å². The minimum absolute atomic E-state index is 0.108. The van der Waals surface area contributed by atoms with E-state index < -0.39 is 6.17 Å². The molecule has 0 amide bonds. The molecule has 2 saturated heterocycles. The largest absolute Gasteiger partial charge is 0.325 e. The Morgan fingerprint density at radius 2 is 2.09 bits per heavy atom. The van der Waals surface area contributed by atoms with Gasteiger partial charge in [-0.2, -0.15) is 0 Å². The minimum atomic E-state index is -0.918. The fraction of sp³-hybridized carbons (Fsp3) is 1.00. The highest BCUT2D eigenvalue weighted by atomic mass is 19.1. The lowest BCUT2D eigenvalue weighted by molar-refractivity contribution is 0.0511. The molecule has 0 aromatic heterocycles. The second-order valence-electron chi connectivity index (χ2n) is 3.59. The molecule has 0 spiro atoms. The molecule has 2 heterocycles. The number of fused-ring (bicyclic) bond motifs is 2. The van der Waals surface area contributed by atoms with Crippen molar-refractivity contribution in [3.05, 3.63) is 0 Å². The molecule has 4 heteroatoms. The summed E-state index contributed by atoms with van der Waals surface area (Å²) in [5.74, 6) is 5.67. The van der Waals surface area contributed by atoms with Gasteiger partial charge in [0, 0.05) is 12.1 Å². The van der Waals surface area contributed by atoms with Gasteiger partial charge in [-0.3, -0.25) is 5.84 Å². The molecule has 2 rings (SSSR count). The van der Waals surface area contributed by atoms with Gasteiger partial charge in [0.15, 0.2) is 0 Å². The van der Waals surface area contributed by atoms with Crippen molar-refractivity contribution < 1.29 is 4.39 Å². The van der Waals surface area contributed by atoms with Crippen molar-refractivity contribution in [2.75, 3.05) is 0 Å². The fourth-order valence-corrected chi connectivity index (χ4v) is 2.22. The molecule has 0 aromatic carbocycles. The molecular formula is C7H14FN3. The third-order valence-corrected chi connectivity index (χ3v) is 2.92. The summed E-state index contributed by atoms with van der Waals surface area (Å²) in [6, 6.07) is -0.0574. The lowest BCUT2D eigenvalue weighted by Gasteiger charge is -2.36. The van der Waals surface area contributed by atoms with Crippen molar-refractivity contribution in [3.8, 4) is 0 Å². The number of rotatable bonds is 0. The molecule has 64 valence electrons. The molecule has 2 fully saturated rings. The first kappa shape index (κ1) is 7.46. The predicted octanol–water partition coefficient (Wildman–Crippen LogP) is -0.238. The van der Waals surface area contributed by atoms with Gasteiger partial charge in [-0.15, -0.1) is 0 Å². The van der Waals surface area contributed by atoms with Crippen LogP contribution < -0.4 is 11.6 Å². The Morgan fingerprint density at radius 3 is 2.82 bits per heavy atom. The van der Waals surface area contributed by atoms with Crippen LogP contribution in [0.4, 0.5) is 4.39 Å². The lowest BCUT2D eigenvalue weighted by Crippen LogP contribution is -2.57. The Hall–Kier alpha value is -0.190. The van der Waals surface area contributed by atoms with Gasteiger partial charge in [0.25, 0.3) is 0 Å². The van der Waals surface area contributed by atoms with Crippen LogP contribution in [0.15, 0.2) is 0 Å². The van der Waals surface area contributed by atoms with E-state index in [1.165, 1.54) is 0 Å². The summed E-state index contributed by atoms with van der Waals surface area (Å²) in [4.78, 5) is 0. The summed E-state index contributed by atoms with van der Waals surface area (Å²) in [7, 11) is 0. The van der Waals surface area contributed by atoms with Gasteiger partial charge in [0.1, 0.15) is 6.17 Å². The zero-order valence-electron chi connectivity index (χ0n) is 6.41. The topological polar surface area (TPSA) is 55.3 Å². The zero-order valence-corrected chi connectivity index (χ0v) is 6.41. The van der Waals surface area contributed by atoms with E-state index in [0.717, 1.165) is 12.8 Å². The maximum Gasteiger partial charge on any atom is 0.132 e. The Labute approximate surface area is 65.5 Å². The monoisotopic (exact) mass is 159 g/mol. The lowest BCUT2D eigenvalue weighted by atomic mass is 9.98. The number of nitrogens with two attached hydrogens (primary N) is 2. The number of halogens is 1. The third-order valence-electron chi connectivity index (χ3n) is 2.92. The van der Waals surface area contributed by atoms with E-state index >= 15 is 0 Å². The Kier molecular flexibility index (Phi) is 1.63. The van der Waals surface area contributed by atoms with Crippen LogP contribution in [0.25, 0.3) is 0 Å². The highest BCUT2D eigenvalue weighted by molar-refractivity contribution is 5.00. The van der Waals surface area contributed by atoms with Crippen LogP contribution in [0, 0.1) is 0 Å². The molecule has 11 heavy (non-hydrogen) atoms. The van der Waals surface area contributed by atoms with Gasteiger partial charge in [-0.05, 0) is 19.3 Å². The van der Waals surface area contributed by atoms with Crippen LogP contribution in [-0.2, 0) is 0 Å². The number of hydrogen-bond acceptors (Lipinski definition) is 3. The second kappa shape index (κ2) is 2.40. The van der Waals surface area contributed by atoms with E-state index in [1.54, 1.807) is 5.01 Å². The van der Waals surface area contributed by atoms with Crippen molar-refractivity contribution in [2.45, 2.75) is 43.6 Å². The van der Waals surface area contributed by atoms with Gasteiger partial charge < -0.3 is 5.73 Å². The summed E-state index contributed by atoms with van der Waals surface area (Å²) >= 11 is 0. The highest BCUT2D eigenvalue weighted by Gasteiger charge is 2.45. The molecule has 2 aliphatic rings. The summed E-state index contributed by atoms with van der Waals surface area (Å²) in [5.41, 5.74) is 5.60. The molecular weight excluding hydrogens is 145 g/mol. The van der Waals surface area contributed by atoms with Crippen molar-refractivity contribution >= 4 is 0 Å². The molecule has 2 bridgehead atoms. The van der Waals surface area contributed by atoms with Crippen molar-refractivity contribution in [3.63, 3.8) is 0 Å². The molecule has 0 unspecified atom stereocenters. The average molecular weight is 159 g/mol. The molecule has 3 nitrogen and oxygen atoms in total.